The smallest absolute Gasteiger partial charge is 0.224 e. The normalized spacial score (nSPS) is 12.6. The number of pyridine rings is 1. The summed E-state index contributed by atoms with van der Waals surface area (Å²) in [6.45, 7) is 4.82. The zero-order valence-corrected chi connectivity index (χ0v) is 13.4. The summed E-state index contributed by atoms with van der Waals surface area (Å²) >= 11 is 0. The lowest BCUT2D eigenvalue weighted by atomic mass is 10.0. The van der Waals surface area contributed by atoms with Crippen LogP contribution in [0.25, 0.3) is 22.3 Å². The Morgan fingerprint density at radius 1 is 1.21 bits per heavy atom. The number of aliphatic hydroxyl groups excluding tert-OH is 1. The lowest BCUT2D eigenvalue weighted by Gasteiger charge is -2.13. The van der Waals surface area contributed by atoms with Crippen molar-refractivity contribution in [3.63, 3.8) is 0 Å². The van der Waals surface area contributed by atoms with E-state index >= 15 is 0 Å². The second-order valence-electron chi connectivity index (χ2n) is 5.78. The van der Waals surface area contributed by atoms with Crippen LogP contribution in [-0.4, -0.2) is 10.1 Å². The van der Waals surface area contributed by atoms with Crippen molar-refractivity contribution in [3.05, 3.63) is 63.1 Å². The predicted octanol–water partition coefficient (Wildman–Crippen LogP) is 3.80. The fourth-order valence-corrected chi connectivity index (χ4v) is 2.72. The van der Waals surface area contributed by atoms with E-state index in [0.29, 0.717) is 5.56 Å². The fourth-order valence-electron chi connectivity index (χ4n) is 2.72. The molecule has 0 saturated heterocycles. The van der Waals surface area contributed by atoms with Crippen molar-refractivity contribution >= 4 is 11.0 Å². The molecule has 2 aromatic heterocycles. The Kier molecular flexibility index (Phi) is 3.93. The number of hydrogen-bond acceptors (Lipinski definition) is 4. The van der Waals surface area contributed by atoms with E-state index in [1.54, 1.807) is 19.1 Å². The molecule has 1 aromatic carbocycles. The maximum Gasteiger partial charge on any atom is 0.224 e. The molecular weight excluding hydrogens is 316 g/mol. The van der Waals surface area contributed by atoms with Crippen LogP contribution in [0.15, 0.2) is 33.6 Å². The van der Waals surface area contributed by atoms with E-state index in [9.17, 15) is 18.7 Å². The van der Waals surface area contributed by atoms with Gasteiger partial charge in [-0.15, -0.1) is 0 Å². The summed E-state index contributed by atoms with van der Waals surface area (Å²) in [6.07, 6.45) is -0.139. The Hall–Kier alpha value is -2.60. The monoisotopic (exact) mass is 331 g/mol. The first kappa shape index (κ1) is 16.3. The number of halogens is 2. The average molecular weight is 331 g/mol. The van der Waals surface area contributed by atoms with Crippen molar-refractivity contribution in [2.75, 3.05) is 0 Å². The Labute approximate surface area is 136 Å². The molecule has 1 N–H and O–H groups in total. The average Bonchev–Trinajstić information content (AvgIpc) is 2.53. The van der Waals surface area contributed by atoms with E-state index in [-0.39, 0.29) is 33.3 Å². The quantitative estimate of drug-likeness (QED) is 0.726. The van der Waals surface area contributed by atoms with Crippen molar-refractivity contribution in [1.82, 2.24) is 4.98 Å². The molecule has 0 fully saturated rings. The number of fused-ring (bicyclic) bond motifs is 1. The minimum atomic E-state index is -0.937. The second kappa shape index (κ2) is 5.79. The zero-order chi connectivity index (χ0) is 17.6. The maximum absolute atomic E-state index is 14.0. The number of benzene rings is 1. The first-order chi connectivity index (χ1) is 11.3. The SMILES string of the molecule is Cc1cc([C@H](C)O)c2oc(-c3cc(F)cnc3F)c(C)c(=O)c2c1. The third-order valence-corrected chi connectivity index (χ3v) is 3.89. The van der Waals surface area contributed by atoms with Gasteiger partial charge in [0.1, 0.15) is 17.2 Å². The minimum Gasteiger partial charge on any atom is -0.455 e. The van der Waals surface area contributed by atoms with E-state index in [1.165, 1.54) is 13.8 Å². The van der Waals surface area contributed by atoms with Gasteiger partial charge in [-0.2, -0.15) is 4.39 Å². The van der Waals surface area contributed by atoms with Gasteiger partial charge in [0.05, 0.1) is 23.3 Å². The van der Waals surface area contributed by atoms with Crippen LogP contribution in [0.2, 0.25) is 0 Å². The van der Waals surface area contributed by atoms with Gasteiger partial charge in [-0.3, -0.25) is 4.79 Å². The molecule has 4 nitrogen and oxygen atoms in total. The number of aliphatic hydroxyl groups is 1. The first-order valence-electron chi connectivity index (χ1n) is 7.37. The van der Waals surface area contributed by atoms with Gasteiger partial charge < -0.3 is 9.52 Å². The van der Waals surface area contributed by atoms with E-state index in [4.69, 9.17) is 4.42 Å². The van der Waals surface area contributed by atoms with Crippen molar-refractivity contribution < 1.29 is 18.3 Å². The molecule has 24 heavy (non-hydrogen) atoms. The Morgan fingerprint density at radius 2 is 1.92 bits per heavy atom. The molecular formula is C18H15F2NO3. The van der Waals surface area contributed by atoms with Crippen molar-refractivity contribution in [1.29, 1.82) is 0 Å². The number of rotatable bonds is 2. The molecule has 0 aliphatic heterocycles. The van der Waals surface area contributed by atoms with Crippen LogP contribution in [0.1, 0.15) is 29.7 Å². The molecule has 0 spiro atoms. The van der Waals surface area contributed by atoms with Gasteiger partial charge in [0.15, 0.2) is 5.43 Å². The molecule has 1 atom stereocenters. The van der Waals surface area contributed by atoms with E-state index in [1.807, 2.05) is 0 Å². The molecule has 3 aromatic rings. The maximum atomic E-state index is 14.0. The highest BCUT2D eigenvalue weighted by molar-refractivity contribution is 5.84. The Bertz CT molecular complexity index is 1010. The largest absolute Gasteiger partial charge is 0.455 e. The van der Waals surface area contributed by atoms with Gasteiger partial charge in [0.25, 0.3) is 0 Å². The van der Waals surface area contributed by atoms with E-state index in [2.05, 4.69) is 4.98 Å². The molecule has 2 heterocycles. The highest BCUT2D eigenvalue weighted by Crippen LogP contribution is 2.31. The van der Waals surface area contributed by atoms with Gasteiger partial charge in [0.2, 0.25) is 5.95 Å². The van der Waals surface area contributed by atoms with Crippen LogP contribution >= 0.6 is 0 Å². The summed E-state index contributed by atoms with van der Waals surface area (Å²) in [5.41, 5.74) is 0.912. The van der Waals surface area contributed by atoms with E-state index < -0.39 is 17.9 Å². The van der Waals surface area contributed by atoms with Gasteiger partial charge in [-0.1, -0.05) is 0 Å². The third kappa shape index (κ3) is 2.59. The first-order valence-corrected chi connectivity index (χ1v) is 7.37. The molecule has 0 unspecified atom stereocenters. The molecule has 3 rings (SSSR count). The molecule has 0 aliphatic rings. The number of aryl methyl sites for hydroxylation is 1. The molecule has 6 heteroatoms. The zero-order valence-electron chi connectivity index (χ0n) is 13.4. The second-order valence-corrected chi connectivity index (χ2v) is 5.78. The lowest BCUT2D eigenvalue weighted by Crippen LogP contribution is -2.10. The predicted molar refractivity (Wildman–Crippen MR) is 85.7 cm³/mol. The standard InChI is InChI=1S/C18H15F2NO3/c1-8-4-12(10(3)22)17-13(5-8)15(23)9(2)16(24-17)14-6-11(19)7-21-18(14)20/h4-7,10,22H,1-3H3/t10-/m0/s1. The lowest BCUT2D eigenvalue weighted by molar-refractivity contribution is 0.199. The van der Waals surface area contributed by atoms with Crippen LogP contribution in [0.4, 0.5) is 8.78 Å². The number of aromatic nitrogens is 1. The van der Waals surface area contributed by atoms with Gasteiger partial charge in [0, 0.05) is 11.1 Å². The summed E-state index contributed by atoms with van der Waals surface area (Å²) in [5, 5.41) is 10.2. The van der Waals surface area contributed by atoms with Crippen LogP contribution in [0, 0.1) is 25.6 Å². The molecule has 124 valence electrons. The molecule has 0 amide bonds. The van der Waals surface area contributed by atoms with Gasteiger partial charge in [-0.05, 0) is 44.5 Å². The highest BCUT2D eigenvalue weighted by Gasteiger charge is 2.20. The summed E-state index contributed by atoms with van der Waals surface area (Å²) in [6, 6.07) is 4.26. The van der Waals surface area contributed by atoms with Crippen molar-refractivity contribution in [2.24, 2.45) is 0 Å². The van der Waals surface area contributed by atoms with Crippen molar-refractivity contribution in [3.8, 4) is 11.3 Å². The number of nitrogens with zero attached hydrogens (tertiary/aromatic N) is 1. The molecule has 0 bridgehead atoms. The van der Waals surface area contributed by atoms with Crippen LogP contribution in [0.5, 0.6) is 0 Å². The summed E-state index contributed by atoms with van der Waals surface area (Å²) in [5.74, 6) is -1.77. The van der Waals surface area contributed by atoms with Gasteiger partial charge in [-0.25, -0.2) is 9.37 Å². The van der Waals surface area contributed by atoms with Crippen LogP contribution in [-0.2, 0) is 0 Å². The number of hydrogen-bond donors (Lipinski definition) is 1. The Balaban J connectivity index is 2.45. The topological polar surface area (TPSA) is 63.3 Å². The summed E-state index contributed by atoms with van der Waals surface area (Å²) in [4.78, 5) is 16.0. The molecule has 0 radical (unpaired) electrons. The molecule has 0 aliphatic carbocycles. The van der Waals surface area contributed by atoms with Crippen molar-refractivity contribution in [2.45, 2.75) is 26.9 Å². The van der Waals surface area contributed by atoms with Crippen LogP contribution < -0.4 is 5.43 Å². The minimum absolute atomic E-state index is 0.0947. The fraction of sp³-hybridized carbons (Fsp3) is 0.222. The third-order valence-electron chi connectivity index (χ3n) is 3.89. The van der Waals surface area contributed by atoms with Crippen LogP contribution in [0.3, 0.4) is 0 Å². The summed E-state index contributed by atoms with van der Waals surface area (Å²) < 4.78 is 33.2. The summed E-state index contributed by atoms with van der Waals surface area (Å²) in [7, 11) is 0. The highest BCUT2D eigenvalue weighted by atomic mass is 19.1. The Morgan fingerprint density at radius 3 is 2.58 bits per heavy atom. The van der Waals surface area contributed by atoms with Gasteiger partial charge >= 0.3 is 0 Å². The van der Waals surface area contributed by atoms with E-state index in [0.717, 1.165) is 17.8 Å². The molecule has 0 saturated carbocycles.